The van der Waals surface area contributed by atoms with E-state index in [1.165, 1.54) is 35.2 Å². The van der Waals surface area contributed by atoms with Gasteiger partial charge in [-0.15, -0.1) is 11.3 Å². The van der Waals surface area contributed by atoms with Gasteiger partial charge in [-0.25, -0.2) is 4.98 Å². The predicted molar refractivity (Wildman–Crippen MR) is 96.1 cm³/mol. The lowest BCUT2D eigenvalue weighted by Gasteiger charge is -2.09. The van der Waals surface area contributed by atoms with Crippen molar-refractivity contribution in [3.05, 3.63) is 54.1 Å². The van der Waals surface area contributed by atoms with Crippen LogP contribution >= 0.6 is 23.1 Å². The van der Waals surface area contributed by atoms with Gasteiger partial charge in [0.05, 0.1) is 15.1 Å². The van der Waals surface area contributed by atoms with Crippen molar-refractivity contribution >= 4 is 49.2 Å². The molecule has 0 fully saturated rings. The second kappa shape index (κ2) is 6.92. The van der Waals surface area contributed by atoms with Gasteiger partial charge < -0.3 is 5.11 Å². The van der Waals surface area contributed by atoms with Crippen molar-refractivity contribution in [3.63, 3.8) is 0 Å². The maximum absolute atomic E-state index is 12.1. The number of hydrogen-bond donors (Lipinski definition) is 0. The van der Waals surface area contributed by atoms with Crippen molar-refractivity contribution in [1.82, 2.24) is 4.98 Å². The van der Waals surface area contributed by atoms with Crippen molar-refractivity contribution in [2.45, 2.75) is 16.2 Å². The first-order chi connectivity index (χ1) is 11.4. The summed E-state index contributed by atoms with van der Waals surface area (Å²) < 4.78 is 29.3. The number of aromatic nitrogens is 1. The molecular weight excluding hydrogens is 364 g/mol. The van der Waals surface area contributed by atoms with Gasteiger partial charge in [0.15, 0.2) is 4.34 Å². The van der Waals surface area contributed by atoms with Crippen LogP contribution in [-0.4, -0.2) is 25.1 Å². The first-order valence-corrected chi connectivity index (χ1v) is 10.2. The molecule has 0 amide bonds. The van der Waals surface area contributed by atoms with Crippen LogP contribution in [0.5, 0.6) is 0 Å². The molecule has 0 radical (unpaired) electrons. The van der Waals surface area contributed by atoms with Crippen LogP contribution in [0, 0.1) is 6.92 Å². The van der Waals surface area contributed by atoms with Crippen molar-refractivity contribution in [3.8, 4) is 0 Å². The number of para-hydroxylation sites is 1. The number of fused-ring (bicyclic) bond motifs is 1. The van der Waals surface area contributed by atoms with Gasteiger partial charge >= 0.3 is 0 Å². The van der Waals surface area contributed by atoms with Crippen LogP contribution in [0.15, 0.2) is 62.2 Å². The average Bonchev–Trinajstić information content (AvgIpc) is 2.96. The number of sulfonamides is 1. The third-order valence-electron chi connectivity index (χ3n) is 3.13. The standard InChI is InChI=1S/C16H14N2O3S3/c1-11-6-8-12(9-7-11)24(20,21)18-15(19)10-22-16-17-13-4-2-3-5-14(13)23-16/h2-9H,10H2,1H3,(H,18,19)/p-1. The molecule has 0 bridgehead atoms. The predicted octanol–water partition coefficient (Wildman–Crippen LogP) is 2.84. The molecule has 1 aromatic heterocycles. The highest BCUT2D eigenvalue weighted by Crippen LogP contribution is 2.29. The van der Waals surface area contributed by atoms with E-state index in [1.807, 2.05) is 31.2 Å². The molecule has 0 N–H and O–H groups in total. The summed E-state index contributed by atoms with van der Waals surface area (Å²) in [6.07, 6.45) is 0. The van der Waals surface area contributed by atoms with Gasteiger partial charge in [-0.3, -0.25) is 0 Å². The third kappa shape index (κ3) is 3.95. The van der Waals surface area contributed by atoms with Gasteiger partial charge in [0.1, 0.15) is 0 Å². The van der Waals surface area contributed by atoms with E-state index >= 15 is 0 Å². The minimum Gasteiger partial charge on any atom is -0.861 e. The van der Waals surface area contributed by atoms with E-state index in [-0.39, 0.29) is 10.6 Å². The Kier molecular flexibility index (Phi) is 4.88. The van der Waals surface area contributed by atoms with Crippen LogP contribution < -0.4 is 5.11 Å². The Bertz CT molecular complexity index is 960. The Labute approximate surface area is 148 Å². The largest absolute Gasteiger partial charge is 0.861 e. The number of thiazole rings is 1. The number of thioether (sulfide) groups is 1. The summed E-state index contributed by atoms with van der Waals surface area (Å²) in [5.74, 6) is -0.759. The van der Waals surface area contributed by atoms with E-state index in [0.29, 0.717) is 4.34 Å². The molecule has 0 aliphatic heterocycles. The van der Waals surface area contributed by atoms with Crippen LogP contribution in [0.1, 0.15) is 5.56 Å². The maximum Gasteiger partial charge on any atom is 0.281 e. The monoisotopic (exact) mass is 377 g/mol. The van der Waals surface area contributed by atoms with Gasteiger partial charge in [-0.05, 0) is 37.1 Å². The summed E-state index contributed by atoms with van der Waals surface area (Å²) in [5.41, 5.74) is 1.80. The highest BCUT2D eigenvalue weighted by Gasteiger charge is 2.12. The molecule has 0 spiro atoms. The van der Waals surface area contributed by atoms with Crippen molar-refractivity contribution in [2.24, 2.45) is 4.40 Å². The summed E-state index contributed by atoms with van der Waals surface area (Å²) >= 11 is 2.66. The second-order valence-electron chi connectivity index (χ2n) is 5.01. The lowest BCUT2D eigenvalue weighted by atomic mass is 10.2. The highest BCUT2D eigenvalue weighted by molar-refractivity contribution is 8.01. The van der Waals surface area contributed by atoms with Gasteiger partial charge in [-0.1, -0.05) is 41.6 Å². The van der Waals surface area contributed by atoms with E-state index in [4.69, 9.17) is 0 Å². The molecule has 2 aromatic carbocycles. The van der Waals surface area contributed by atoms with Gasteiger partial charge in [0.25, 0.3) is 10.0 Å². The topological polar surface area (TPSA) is 82.5 Å². The van der Waals surface area contributed by atoms with E-state index in [2.05, 4.69) is 9.38 Å². The van der Waals surface area contributed by atoms with Gasteiger partial charge in [0, 0.05) is 5.75 Å². The van der Waals surface area contributed by atoms with Crippen LogP contribution in [0.25, 0.3) is 10.2 Å². The molecule has 0 unspecified atom stereocenters. The summed E-state index contributed by atoms with van der Waals surface area (Å²) in [6, 6.07) is 13.9. The molecule has 0 saturated carbocycles. The zero-order valence-corrected chi connectivity index (χ0v) is 15.1. The molecule has 124 valence electrons. The molecule has 0 aliphatic rings. The van der Waals surface area contributed by atoms with Gasteiger partial charge in [-0.2, -0.15) is 12.8 Å². The lowest BCUT2D eigenvalue weighted by Crippen LogP contribution is -2.22. The van der Waals surface area contributed by atoms with Crippen molar-refractivity contribution < 1.29 is 13.5 Å². The summed E-state index contributed by atoms with van der Waals surface area (Å²) in [6.45, 7) is 1.85. The fourth-order valence-corrected chi connectivity index (χ4v) is 4.81. The smallest absolute Gasteiger partial charge is 0.281 e. The van der Waals surface area contributed by atoms with Gasteiger partial charge in [0.2, 0.25) is 0 Å². The molecule has 8 heteroatoms. The lowest BCUT2D eigenvalue weighted by molar-refractivity contribution is -0.214. The van der Waals surface area contributed by atoms with Crippen LogP contribution in [-0.2, 0) is 10.0 Å². The van der Waals surface area contributed by atoms with Crippen LogP contribution in [0.2, 0.25) is 0 Å². The molecule has 1 heterocycles. The summed E-state index contributed by atoms with van der Waals surface area (Å²) in [4.78, 5) is 4.41. The molecule has 3 rings (SSSR count). The Hall–Kier alpha value is -1.90. The molecule has 24 heavy (non-hydrogen) atoms. The summed E-state index contributed by atoms with van der Waals surface area (Å²) in [7, 11) is -3.96. The quantitative estimate of drug-likeness (QED) is 0.388. The SMILES string of the molecule is Cc1ccc(S(=O)(=O)N=C([O-])CSc2nc3ccccc3s2)cc1. The Balaban J connectivity index is 1.72. The number of hydrogen-bond acceptors (Lipinski definition) is 6. The second-order valence-corrected chi connectivity index (χ2v) is 8.87. The highest BCUT2D eigenvalue weighted by atomic mass is 32.2. The zero-order valence-electron chi connectivity index (χ0n) is 12.7. The van der Waals surface area contributed by atoms with Crippen molar-refractivity contribution in [1.29, 1.82) is 0 Å². The molecule has 3 aromatic rings. The van der Waals surface area contributed by atoms with Crippen LogP contribution in [0.3, 0.4) is 0 Å². The molecule has 0 aliphatic carbocycles. The number of rotatable bonds is 5. The molecule has 5 nitrogen and oxygen atoms in total. The molecular formula is C16H13N2O3S3-. The average molecular weight is 377 g/mol. The normalized spacial score (nSPS) is 12.6. The van der Waals surface area contributed by atoms with E-state index in [9.17, 15) is 13.5 Å². The number of nitrogens with zero attached hydrogens (tertiary/aromatic N) is 2. The van der Waals surface area contributed by atoms with Crippen molar-refractivity contribution in [2.75, 3.05) is 5.75 Å². The first-order valence-electron chi connectivity index (χ1n) is 7.00. The minimum atomic E-state index is -3.96. The Morgan fingerprint density at radius 1 is 1.21 bits per heavy atom. The van der Waals surface area contributed by atoms with E-state index in [1.54, 1.807) is 12.1 Å². The summed E-state index contributed by atoms with van der Waals surface area (Å²) in [5, 5.41) is 11.9. The number of aryl methyl sites for hydroxylation is 1. The Morgan fingerprint density at radius 2 is 1.92 bits per heavy atom. The fourth-order valence-electron chi connectivity index (χ4n) is 1.96. The molecule has 0 saturated heterocycles. The molecule has 0 atom stereocenters. The zero-order chi connectivity index (χ0) is 17.2. The third-order valence-corrected chi connectivity index (χ3v) is 6.61. The Morgan fingerprint density at radius 3 is 2.62 bits per heavy atom. The minimum absolute atomic E-state index is 0.0198. The van der Waals surface area contributed by atoms with E-state index in [0.717, 1.165) is 15.8 Å². The maximum atomic E-state index is 12.1. The fraction of sp³-hybridized carbons (Fsp3) is 0.125. The first kappa shape index (κ1) is 16.9. The van der Waals surface area contributed by atoms with E-state index < -0.39 is 15.9 Å². The van der Waals surface area contributed by atoms with Crippen LogP contribution in [0.4, 0.5) is 0 Å². The number of benzene rings is 2.